The molecular weight excluding hydrogens is 264 g/mol. The van der Waals surface area contributed by atoms with Gasteiger partial charge in [0, 0.05) is 0 Å². The summed E-state index contributed by atoms with van der Waals surface area (Å²) in [6.45, 7) is 0. The fraction of sp³-hybridized carbons (Fsp3) is 0.231. The Balaban J connectivity index is 2.37. The van der Waals surface area contributed by atoms with Crippen molar-refractivity contribution in [2.24, 2.45) is 0 Å². The van der Waals surface area contributed by atoms with Crippen LogP contribution in [-0.2, 0) is 4.79 Å². The summed E-state index contributed by atoms with van der Waals surface area (Å²) in [5.74, 6) is -0.132. The van der Waals surface area contributed by atoms with Gasteiger partial charge in [0.1, 0.15) is 5.70 Å². The molecule has 1 atom stereocenters. The van der Waals surface area contributed by atoms with Gasteiger partial charge in [0.25, 0.3) is 0 Å². The number of hydrogen-bond donors (Lipinski definition) is 3. The maximum Gasteiger partial charge on any atom is 0.352 e. The molecule has 0 spiro atoms. The number of carboxylic acids is 1. The fourth-order valence-electron chi connectivity index (χ4n) is 1.90. The van der Waals surface area contributed by atoms with Crippen LogP contribution in [0.1, 0.15) is 11.6 Å². The van der Waals surface area contributed by atoms with Crippen LogP contribution in [0.25, 0.3) is 0 Å². The Morgan fingerprint density at radius 2 is 1.95 bits per heavy atom. The number of carbonyl (C=O) groups excluding carboxylic acids is 1. The van der Waals surface area contributed by atoms with Gasteiger partial charge in [-0.3, -0.25) is 0 Å². The van der Waals surface area contributed by atoms with E-state index < -0.39 is 18.0 Å². The van der Waals surface area contributed by atoms with Crippen LogP contribution in [0.2, 0.25) is 0 Å². The molecule has 0 saturated carbocycles. The Labute approximate surface area is 115 Å². The van der Waals surface area contributed by atoms with E-state index in [0.717, 1.165) is 0 Å². The number of aliphatic carboxylic acids is 1. The lowest BCUT2D eigenvalue weighted by Crippen LogP contribution is -2.43. The molecule has 20 heavy (non-hydrogen) atoms. The van der Waals surface area contributed by atoms with Gasteiger partial charge in [-0.25, -0.2) is 9.59 Å². The number of carbonyl (C=O) groups is 2. The minimum atomic E-state index is -1.19. The van der Waals surface area contributed by atoms with E-state index in [0.29, 0.717) is 17.1 Å². The zero-order chi connectivity index (χ0) is 14.7. The van der Waals surface area contributed by atoms with Crippen molar-refractivity contribution in [3.8, 4) is 11.5 Å². The van der Waals surface area contributed by atoms with Gasteiger partial charge < -0.3 is 25.2 Å². The summed E-state index contributed by atoms with van der Waals surface area (Å²) in [6.07, 6.45) is 1.42. The van der Waals surface area contributed by atoms with Crippen molar-refractivity contribution in [3.05, 3.63) is 35.5 Å². The maximum atomic E-state index is 11.5. The van der Waals surface area contributed by atoms with Crippen molar-refractivity contribution >= 4 is 12.0 Å². The van der Waals surface area contributed by atoms with E-state index in [2.05, 4.69) is 10.6 Å². The molecule has 106 valence electrons. The molecule has 7 heteroatoms. The second-order valence-corrected chi connectivity index (χ2v) is 4.08. The summed E-state index contributed by atoms with van der Waals surface area (Å²) in [7, 11) is 3.02. The van der Waals surface area contributed by atoms with Crippen molar-refractivity contribution in [1.29, 1.82) is 0 Å². The number of nitrogens with one attached hydrogen (secondary N) is 2. The molecule has 1 heterocycles. The number of benzene rings is 1. The second-order valence-electron chi connectivity index (χ2n) is 4.08. The number of rotatable bonds is 4. The van der Waals surface area contributed by atoms with Gasteiger partial charge in [0.15, 0.2) is 11.5 Å². The molecule has 2 amide bonds. The Kier molecular flexibility index (Phi) is 3.79. The first-order chi connectivity index (χ1) is 9.55. The molecule has 1 aromatic rings. The minimum absolute atomic E-state index is 0.159. The molecule has 2 rings (SSSR count). The largest absolute Gasteiger partial charge is 0.493 e. The molecule has 7 nitrogen and oxygen atoms in total. The summed E-state index contributed by atoms with van der Waals surface area (Å²) in [6, 6.07) is 3.99. The van der Waals surface area contributed by atoms with Crippen LogP contribution in [0.4, 0.5) is 4.79 Å². The van der Waals surface area contributed by atoms with Crippen LogP contribution in [0, 0.1) is 0 Å². The van der Waals surface area contributed by atoms with Crippen LogP contribution >= 0.6 is 0 Å². The third-order valence-electron chi connectivity index (χ3n) is 2.87. The van der Waals surface area contributed by atoms with Gasteiger partial charge in [0.05, 0.1) is 20.3 Å². The first-order valence-electron chi connectivity index (χ1n) is 5.79. The summed E-state index contributed by atoms with van der Waals surface area (Å²) in [5, 5.41) is 13.8. The first-order valence-corrected chi connectivity index (χ1v) is 5.79. The maximum absolute atomic E-state index is 11.5. The molecule has 1 aromatic carbocycles. The summed E-state index contributed by atoms with van der Waals surface area (Å²) in [5.41, 5.74) is 0.532. The number of urea groups is 1. The van der Waals surface area contributed by atoms with E-state index in [1.54, 1.807) is 18.2 Å². The third kappa shape index (κ3) is 2.66. The van der Waals surface area contributed by atoms with Crippen molar-refractivity contribution < 1.29 is 24.2 Å². The zero-order valence-corrected chi connectivity index (χ0v) is 11.0. The van der Waals surface area contributed by atoms with Crippen LogP contribution in [-0.4, -0.2) is 31.3 Å². The number of methoxy groups -OCH3 is 2. The molecule has 0 saturated heterocycles. The summed E-state index contributed by atoms with van der Waals surface area (Å²) in [4.78, 5) is 22.4. The van der Waals surface area contributed by atoms with E-state index in [1.807, 2.05) is 0 Å². The lowest BCUT2D eigenvalue weighted by Gasteiger charge is -2.22. The van der Waals surface area contributed by atoms with Crippen molar-refractivity contribution in [2.45, 2.75) is 6.04 Å². The Bertz CT molecular complexity index is 582. The van der Waals surface area contributed by atoms with E-state index in [-0.39, 0.29) is 5.70 Å². The van der Waals surface area contributed by atoms with Crippen LogP contribution < -0.4 is 20.1 Å². The first kappa shape index (κ1) is 13.7. The predicted molar refractivity (Wildman–Crippen MR) is 69.7 cm³/mol. The van der Waals surface area contributed by atoms with Gasteiger partial charge in [-0.1, -0.05) is 6.07 Å². The van der Waals surface area contributed by atoms with Gasteiger partial charge in [-0.05, 0) is 23.8 Å². The number of ether oxygens (including phenoxy) is 2. The van der Waals surface area contributed by atoms with Gasteiger partial charge in [0.2, 0.25) is 0 Å². The molecule has 0 bridgehead atoms. The Hall–Kier alpha value is -2.70. The molecule has 0 radical (unpaired) electrons. The van der Waals surface area contributed by atoms with Crippen molar-refractivity contribution in [2.75, 3.05) is 14.2 Å². The van der Waals surface area contributed by atoms with Gasteiger partial charge >= 0.3 is 12.0 Å². The molecule has 0 aromatic heterocycles. The number of amides is 2. The highest BCUT2D eigenvalue weighted by molar-refractivity contribution is 5.93. The Morgan fingerprint density at radius 1 is 1.25 bits per heavy atom. The van der Waals surface area contributed by atoms with Gasteiger partial charge in [-0.2, -0.15) is 0 Å². The predicted octanol–water partition coefficient (Wildman–Crippen LogP) is 1.03. The van der Waals surface area contributed by atoms with E-state index in [1.165, 1.54) is 20.3 Å². The van der Waals surface area contributed by atoms with Gasteiger partial charge in [-0.15, -0.1) is 0 Å². The average Bonchev–Trinajstić information content (AvgIpc) is 2.45. The quantitative estimate of drug-likeness (QED) is 0.764. The molecule has 1 unspecified atom stereocenters. The molecule has 1 aliphatic rings. The smallest absolute Gasteiger partial charge is 0.352 e. The van der Waals surface area contributed by atoms with E-state index in [9.17, 15) is 9.59 Å². The lowest BCUT2D eigenvalue weighted by molar-refractivity contribution is -0.133. The molecule has 0 fully saturated rings. The van der Waals surface area contributed by atoms with Crippen LogP contribution in [0.15, 0.2) is 30.0 Å². The van der Waals surface area contributed by atoms with Crippen LogP contribution in [0.3, 0.4) is 0 Å². The highest BCUT2D eigenvalue weighted by Gasteiger charge is 2.23. The standard InChI is InChI=1S/C13H14N2O5/c1-19-10-4-3-7(5-11(10)20-2)8-6-9(12(16)17)15-13(18)14-8/h3-6,8H,1-2H3,(H,16,17)(H2,14,15,18). The molecule has 0 aliphatic carbocycles. The van der Waals surface area contributed by atoms with E-state index in [4.69, 9.17) is 14.6 Å². The normalized spacial score (nSPS) is 17.6. The summed E-state index contributed by atoms with van der Waals surface area (Å²) < 4.78 is 10.3. The lowest BCUT2D eigenvalue weighted by atomic mass is 10.0. The fourth-order valence-corrected chi connectivity index (χ4v) is 1.90. The third-order valence-corrected chi connectivity index (χ3v) is 2.87. The second kappa shape index (κ2) is 5.52. The SMILES string of the molecule is COc1ccc(C2C=C(C(=O)O)NC(=O)N2)cc1OC. The highest BCUT2D eigenvalue weighted by atomic mass is 16.5. The highest BCUT2D eigenvalue weighted by Crippen LogP contribution is 2.31. The molecular formula is C13H14N2O5. The number of hydrogen-bond acceptors (Lipinski definition) is 4. The van der Waals surface area contributed by atoms with Crippen molar-refractivity contribution in [3.63, 3.8) is 0 Å². The average molecular weight is 278 g/mol. The minimum Gasteiger partial charge on any atom is -0.493 e. The number of carboxylic acid groups (broad SMARTS) is 1. The Morgan fingerprint density at radius 3 is 2.55 bits per heavy atom. The van der Waals surface area contributed by atoms with Crippen molar-refractivity contribution in [1.82, 2.24) is 10.6 Å². The topological polar surface area (TPSA) is 96.9 Å². The summed E-state index contributed by atoms with van der Waals surface area (Å²) >= 11 is 0. The monoisotopic (exact) mass is 278 g/mol. The van der Waals surface area contributed by atoms with E-state index >= 15 is 0 Å². The molecule has 3 N–H and O–H groups in total. The zero-order valence-electron chi connectivity index (χ0n) is 11.0. The molecule has 1 aliphatic heterocycles. The van der Waals surface area contributed by atoms with Crippen LogP contribution in [0.5, 0.6) is 11.5 Å².